The molecule has 3 N–H and O–H groups in total. The van der Waals surface area contributed by atoms with Crippen LogP contribution in [-0.2, 0) is 10.0 Å². The molecule has 0 aromatic heterocycles. The van der Waals surface area contributed by atoms with Gasteiger partial charge < -0.3 is 5.73 Å². The predicted octanol–water partition coefficient (Wildman–Crippen LogP) is 1.13. The third-order valence-corrected chi connectivity index (χ3v) is 3.84. The van der Waals surface area contributed by atoms with E-state index in [9.17, 15) is 13.2 Å². The Morgan fingerprint density at radius 2 is 2.12 bits per heavy atom. The Bertz CT molecular complexity index is 528. The second-order valence-electron chi connectivity index (χ2n) is 3.40. The van der Waals surface area contributed by atoms with E-state index in [4.69, 9.17) is 17.3 Å². The van der Waals surface area contributed by atoms with Crippen molar-refractivity contribution >= 4 is 27.5 Å². The molecule has 0 atom stereocenters. The van der Waals surface area contributed by atoms with Crippen LogP contribution in [-0.4, -0.2) is 20.9 Å². The summed E-state index contributed by atoms with van der Waals surface area (Å²) in [5.41, 5.74) is 5.08. The maximum atomic E-state index is 11.8. The molecule has 0 aliphatic rings. The van der Waals surface area contributed by atoms with Gasteiger partial charge in [-0.2, -0.15) is 0 Å². The van der Waals surface area contributed by atoms with Crippen molar-refractivity contribution in [3.8, 4) is 0 Å². The number of rotatable bonds is 5. The lowest BCUT2D eigenvalue weighted by Crippen LogP contribution is -2.25. The van der Waals surface area contributed by atoms with Crippen LogP contribution in [0.15, 0.2) is 23.1 Å². The van der Waals surface area contributed by atoms with Gasteiger partial charge in [-0.3, -0.25) is 4.79 Å². The summed E-state index contributed by atoms with van der Waals surface area (Å²) in [4.78, 5) is 11.0. The number of benzene rings is 1. The highest BCUT2D eigenvalue weighted by atomic mass is 35.5. The molecule has 0 unspecified atom stereocenters. The summed E-state index contributed by atoms with van der Waals surface area (Å²) in [5, 5.41) is 0.131. The number of halogens is 1. The lowest BCUT2D eigenvalue weighted by atomic mass is 10.2. The summed E-state index contributed by atoms with van der Waals surface area (Å²) in [7, 11) is -3.61. The summed E-state index contributed by atoms with van der Waals surface area (Å²) in [6.07, 6.45) is 0.676. The maximum absolute atomic E-state index is 11.8. The third kappa shape index (κ3) is 3.42. The highest BCUT2D eigenvalue weighted by Crippen LogP contribution is 2.19. The summed E-state index contributed by atoms with van der Waals surface area (Å²) in [6, 6.07) is 3.83. The minimum atomic E-state index is -3.61. The van der Waals surface area contributed by atoms with E-state index in [1.54, 1.807) is 0 Å². The van der Waals surface area contributed by atoms with Crippen LogP contribution in [0.5, 0.6) is 0 Å². The monoisotopic (exact) mass is 276 g/mol. The zero-order valence-electron chi connectivity index (χ0n) is 9.23. The lowest BCUT2D eigenvalue weighted by Gasteiger charge is -2.07. The van der Waals surface area contributed by atoms with Crippen LogP contribution in [0.2, 0.25) is 5.02 Å². The normalized spacial score (nSPS) is 11.4. The number of carbonyl (C=O) groups excluding carboxylic acids is 1. The van der Waals surface area contributed by atoms with Gasteiger partial charge >= 0.3 is 0 Å². The van der Waals surface area contributed by atoms with Crippen LogP contribution < -0.4 is 10.5 Å². The van der Waals surface area contributed by atoms with Crippen molar-refractivity contribution in [2.75, 3.05) is 6.54 Å². The maximum Gasteiger partial charge on any atom is 0.250 e. The Labute approximate surface area is 105 Å². The van der Waals surface area contributed by atoms with Gasteiger partial charge in [0.1, 0.15) is 0 Å². The zero-order valence-corrected chi connectivity index (χ0v) is 10.8. The molecular formula is C10H13ClN2O3S. The van der Waals surface area contributed by atoms with Gasteiger partial charge in [0.15, 0.2) is 0 Å². The quantitative estimate of drug-likeness (QED) is 0.845. The number of amides is 1. The first-order valence-electron chi connectivity index (χ1n) is 4.97. The second-order valence-corrected chi connectivity index (χ2v) is 5.58. The van der Waals surface area contributed by atoms with E-state index >= 15 is 0 Å². The Hall–Kier alpha value is -1.11. The molecular weight excluding hydrogens is 264 g/mol. The molecule has 0 heterocycles. The number of nitrogens with one attached hydrogen (secondary N) is 1. The van der Waals surface area contributed by atoms with E-state index in [1.165, 1.54) is 18.2 Å². The molecule has 0 saturated carbocycles. The van der Waals surface area contributed by atoms with Crippen LogP contribution in [0.4, 0.5) is 0 Å². The smallest absolute Gasteiger partial charge is 0.250 e. The average Bonchev–Trinajstić information content (AvgIpc) is 2.26. The fraction of sp³-hybridized carbons (Fsp3) is 0.300. The first-order valence-corrected chi connectivity index (χ1v) is 6.83. The topological polar surface area (TPSA) is 89.3 Å². The third-order valence-electron chi connectivity index (χ3n) is 2.06. The minimum absolute atomic E-state index is 0.00830. The second kappa shape index (κ2) is 5.48. The molecule has 0 aliphatic carbocycles. The minimum Gasteiger partial charge on any atom is -0.366 e. The first-order chi connectivity index (χ1) is 7.88. The molecule has 0 bridgehead atoms. The molecule has 94 valence electrons. The Morgan fingerprint density at radius 3 is 2.65 bits per heavy atom. The summed E-state index contributed by atoms with van der Waals surface area (Å²) < 4.78 is 25.9. The van der Waals surface area contributed by atoms with Gasteiger partial charge in [-0.05, 0) is 24.6 Å². The van der Waals surface area contributed by atoms with Crippen LogP contribution >= 0.6 is 11.6 Å². The molecule has 0 spiro atoms. The van der Waals surface area contributed by atoms with Crippen LogP contribution in [0.25, 0.3) is 0 Å². The number of hydrogen-bond acceptors (Lipinski definition) is 3. The van der Waals surface area contributed by atoms with E-state index in [0.717, 1.165) is 0 Å². The van der Waals surface area contributed by atoms with Crippen molar-refractivity contribution in [3.63, 3.8) is 0 Å². The zero-order chi connectivity index (χ0) is 13.1. The number of carbonyl (C=O) groups is 1. The van der Waals surface area contributed by atoms with Crippen molar-refractivity contribution in [1.29, 1.82) is 0 Å². The van der Waals surface area contributed by atoms with Gasteiger partial charge in [-0.25, -0.2) is 13.1 Å². The summed E-state index contributed by atoms with van der Waals surface area (Å²) in [6.45, 7) is 2.18. The van der Waals surface area contributed by atoms with E-state index in [0.29, 0.717) is 13.0 Å². The average molecular weight is 277 g/mol. The molecule has 5 nitrogen and oxygen atoms in total. The molecule has 17 heavy (non-hydrogen) atoms. The molecule has 7 heteroatoms. The highest BCUT2D eigenvalue weighted by Gasteiger charge is 2.16. The SMILES string of the molecule is CCCNS(=O)(=O)c1ccc(Cl)c(C(N)=O)c1. The molecule has 1 aromatic rings. The predicted molar refractivity (Wildman–Crippen MR) is 65.4 cm³/mol. The van der Waals surface area contributed by atoms with Crippen molar-refractivity contribution in [3.05, 3.63) is 28.8 Å². The van der Waals surface area contributed by atoms with Crippen LogP contribution in [0.1, 0.15) is 23.7 Å². The Balaban J connectivity index is 3.16. The fourth-order valence-electron chi connectivity index (χ4n) is 1.18. The fourth-order valence-corrected chi connectivity index (χ4v) is 2.55. The van der Waals surface area contributed by atoms with Gasteiger partial charge in [0.2, 0.25) is 15.9 Å². The van der Waals surface area contributed by atoms with E-state index in [2.05, 4.69) is 4.72 Å². The standard InChI is InChI=1S/C10H13ClN2O3S/c1-2-5-13-17(15,16)7-3-4-9(11)8(6-7)10(12)14/h3-4,6,13H,2,5H2,1H3,(H2,12,14). The number of hydrogen-bond donors (Lipinski definition) is 2. The van der Waals surface area contributed by atoms with E-state index in [1.807, 2.05) is 6.92 Å². The van der Waals surface area contributed by atoms with Crippen molar-refractivity contribution in [1.82, 2.24) is 4.72 Å². The molecule has 0 radical (unpaired) electrons. The number of sulfonamides is 1. The summed E-state index contributed by atoms with van der Waals surface area (Å²) in [5.74, 6) is -0.762. The van der Waals surface area contributed by atoms with Gasteiger partial charge in [0.25, 0.3) is 0 Å². The van der Waals surface area contributed by atoms with Crippen molar-refractivity contribution in [2.45, 2.75) is 18.2 Å². The highest BCUT2D eigenvalue weighted by molar-refractivity contribution is 7.89. The first kappa shape index (κ1) is 14.0. The molecule has 1 rings (SSSR count). The number of primary amides is 1. The molecule has 1 aromatic carbocycles. The van der Waals surface area contributed by atoms with Crippen LogP contribution in [0, 0.1) is 0 Å². The van der Waals surface area contributed by atoms with Crippen molar-refractivity contribution in [2.24, 2.45) is 5.73 Å². The largest absolute Gasteiger partial charge is 0.366 e. The van der Waals surface area contributed by atoms with Gasteiger partial charge in [-0.15, -0.1) is 0 Å². The van der Waals surface area contributed by atoms with Crippen molar-refractivity contribution < 1.29 is 13.2 Å². The van der Waals surface area contributed by atoms with E-state index < -0.39 is 15.9 Å². The molecule has 0 fully saturated rings. The van der Waals surface area contributed by atoms with Crippen LogP contribution in [0.3, 0.4) is 0 Å². The molecule has 1 amide bonds. The number of nitrogens with two attached hydrogens (primary N) is 1. The van der Waals surface area contributed by atoms with Gasteiger partial charge in [-0.1, -0.05) is 18.5 Å². The Kier molecular flexibility index (Phi) is 4.50. The molecule has 0 aliphatic heterocycles. The van der Waals surface area contributed by atoms with Gasteiger partial charge in [0, 0.05) is 6.54 Å². The lowest BCUT2D eigenvalue weighted by molar-refractivity contribution is 0.1000. The molecule has 0 saturated heterocycles. The summed E-state index contributed by atoms with van der Waals surface area (Å²) >= 11 is 5.73. The Morgan fingerprint density at radius 1 is 1.47 bits per heavy atom. The van der Waals surface area contributed by atoms with Gasteiger partial charge in [0.05, 0.1) is 15.5 Å². The van der Waals surface area contributed by atoms with E-state index in [-0.39, 0.29) is 15.5 Å².